The Kier molecular flexibility index (Phi) is 12.4. The molecule has 13 heteroatoms. The third-order valence-electron chi connectivity index (χ3n) is 7.85. The second kappa shape index (κ2) is 16.2. The third-order valence-corrected chi connectivity index (χ3v) is 8.16. The predicted molar refractivity (Wildman–Crippen MR) is 164 cm³/mol. The SMILES string of the molecule is COc1nc(N)c(Cl)cc1C(=O)NC1CCN(CCN(C)Cc2ccc(C(=O)OCCN3CCOCC3)cc2)CC1OC. The van der Waals surface area contributed by atoms with Gasteiger partial charge in [0, 0.05) is 59.5 Å². The van der Waals surface area contributed by atoms with Crippen molar-refractivity contribution in [2.75, 3.05) is 92.6 Å². The van der Waals surface area contributed by atoms with Crippen molar-refractivity contribution in [1.29, 1.82) is 0 Å². The van der Waals surface area contributed by atoms with Crippen LogP contribution < -0.4 is 15.8 Å². The number of anilines is 1. The van der Waals surface area contributed by atoms with E-state index in [2.05, 4.69) is 32.0 Å². The number of hydrogen-bond acceptors (Lipinski definition) is 11. The normalized spacial score (nSPS) is 19.7. The van der Waals surface area contributed by atoms with Crippen molar-refractivity contribution in [3.05, 3.63) is 52.0 Å². The topological polar surface area (TPSA) is 132 Å². The highest BCUT2D eigenvalue weighted by atomic mass is 35.5. The molecule has 2 fully saturated rings. The zero-order chi connectivity index (χ0) is 30.8. The average molecular weight is 619 g/mol. The van der Waals surface area contributed by atoms with Gasteiger partial charge in [0.15, 0.2) is 0 Å². The lowest BCUT2D eigenvalue weighted by molar-refractivity contribution is 0.00439. The van der Waals surface area contributed by atoms with E-state index >= 15 is 0 Å². The van der Waals surface area contributed by atoms with E-state index in [1.54, 1.807) is 7.11 Å². The minimum atomic E-state index is -0.334. The molecule has 0 aliphatic carbocycles. The van der Waals surface area contributed by atoms with Gasteiger partial charge in [-0.3, -0.25) is 14.6 Å². The number of likely N-dealkylation sites (tertiary alicyclic amines) is 1. The van der Waals surface area contributed by atoms with Crippen LogP contribution in [0, 0.1) is 0 Å². The molecule has 1 aromatic heterocycles. The molecule has 1 aromatic carbocycles. The molecule has 0 spiro atoms. The Labute approximate surface area is 258 Å². The summed E-state index contributed by atoms with van der Waals surface area (Å²) in [5.41, 5.74) is 7.66. The molecule has 0 radical (unpaired) electrons. The first-order valence-corrected chi connectivity index (χ1v) is 15.0. The molecule has 4 rings (SSSR count). The van der Waals surface area contributed by atoms with Crippen LogP contribution in [0.2, 0.25) is 5.02 Å². The lowest BCUT2D eigenvalue weighted by Crippen LogP contribution is -2.55. The fourth-order valence-corrected chi connectivity index (χ4v) is 5.41. The summed E-state index contributed by atoms with van der Waals surface area (Å²) in [7, 11) is 5.17. The first kappa shape index (κ1) is 32.9. The summed E-state index contributed by atoms with van der Waals surface area (Å²) in [6.07, 6.45) is 0.559. The van der Waals surface area contributed by atoms with Crippen LogP contribution in [0.1, 0.15) is 32.7 Å². The predicted octanol–water partition coefficient (Wildman–Crippen LogP) is 1.77. The zero-order valence-corrected chi connectivity index (χ0v) is 26.0. The van der Waals surface area contributed by atoms with Crippen LogP contribution in [0.3, 0.4) is 0 Å². The fraction of sp³-hybridized carbons (Fsp3) is 0.567. The van der Waals surface area contributed by atoms with Crippen LogP contribution in [-0.2, 0) is 20.8 Å². The van der Waals surface area contributed by atoms with E-state index in [0.29, 0.717) is 18.7 Å². The lowest BCUT2D eigenvalue weighted by Gasteiger charge is -2.38. The number of nitrogens with two attached hydrogens (primary N) is 1. The Bertz CT molecular complexity index is 1210. The van der Waals surface area contributed by atoms with E-state index in [9.17, 15) is 9.59 Å². The number of aromatic nitrogens is 1. The minimum Gasteiger partial charge on any atom is -0.480 e. The number of rotatable bonds is 13. The Hall–Kier alpha value is -3.00. The van der Waals surface area contributed by atoms with E-state index in [4.69, 9.17) is 36.3 Å². The number of piperidine rings is 1. The number of methoxy groups -OCH3 is 2. The van der Waals surface area contributed by atoms with Gasteiger partial charge in [0.05, 0.1) is 43.1 Å². The Morgan fingerprint density at radius 1 is 1.14 bits per heavy atom. The maximum absolute atomic E-state index is 13.0. The number of morpholine rings is 1. The number of carbonyl (C=O) groups excluding carboxylic acids is 2. The van der Waals surface area contributed by atoms with Gasteiger partial charge in [-0.25, -0.2) is 4.79 Å². The fourth-order valence-electron chi connectivity index (χ4n) is 5.26. The lowest BCUT2D eigenvalue weighted by atomic mass is 10.0. The molecule has 3 heterocycles. The molecule has 3 N–H and O–H groups in total. The molecule has 43 heavy (non-hydrogen) atoms. The van der Waals surface area contributed by atoms with Crippen molar-refractivity contribution in [2.45, 2.75) is 25.1 Å². The summed E-state index contributed by atoms with van der Waals surface area (Å²) in [5.74, 6) is -0.398. The number of nitrogens with one attached hydrogen (secondary N) is 1. The Morgan fingerprint density at radius 3 is 2.58 bits per heavy atom. The van der Waals surface area contributed by atoms with Crippen molar-refractivity contribution in [3.8, 4) is 5.88 Å². The standard InChI is InChI=1S/C30H43ClN6O6/c1-35(19-21-4-6-22(7-5-21)30(39)43-17-14-36-12-15-42-16-13-36)10-11-37-9-8-25(26(20-37)40-2)33-28(38)23-18-24(31)27(32)34-29(23)41-3/h4-7,18,25-26H,8-17,19-20H2,1-3H3,(H2,32,34)(H,33,38). The van der Waals surface area contributed by atoms with E-state index in [0.717, 1.165) is 71.0 Å². The number of hydrogen-bond donors (Lipinski definition) is 2. The molecule has 2 aliphatic rings. The summed E-state index contributed by atoms with van der Waals surface area (Å²) in [5, 5.41) is 3.25. The number of halogens is 1. The first-order valence-electron chi connectivity index (χ1n) is 14.6. The second-order valence-electron chi connectivity index (χ2n) is 10.9. The summed E-state index contributed by atoms with van der Waals surface area (Å²) in [6, 6.07) is 8.90. The Balaban J connectivity index is 1.19. The molecule has 236 valence electrons. The third kappa shape index (κ3) is 9.49. The first-order chi connectivity index (χ1) is 20.8. The van der Waals surface area contributed by atoms with Crippen molar-refractivity contribution >= 4 is 29.3 Å². The molecular weight excluding hydrogens is 576 g/mol. The molecule has 2 atom stereocenters. The van der Waals surface area contributed by atoms with Crippen LogP contribution in [0.4, 0.5) is 5.82 Å². The molecule has 2 aliphatic heterocycles. The van der Waals surface area contributed by atoms with Gasteiger partial charge in [-0.1, -0.05) is 23.7 Å². The molecule has 2 saturated heterocycles. The maximum atomic E-state index is 13.0. The monoisotopic (exact) mass is 618 g/mol. The number of esters is 1. The van der Waals surface area contributed by atoms with Crippen molar-refractivity contribution in [1.82, 2.24) is 25.0 Å². The number of nitrogen functional groups attached to an aromatic ring is 1. The van der Waals surface area contributed by atoms with Crippen molar-refractivity contribution in [2.24, 2.45) is 0 Å². The number of amides is 1. The zero-order valence-electron chi connectivity index (χ0n) is 25.2. The smallest absolute Gasteiger partial charge is 0.338 e. The quantitative estimate of drug-likeness (QED) is 0.318. The van der Waals surface area contributed by atoms with Gasteiger partial charge < -0.3 is 34.9 Å². The second-order valence-corrected chi connectivity index (χ2v) is 11.3. The van der Waals surface area contributed by atoms with Gasteiger partial charge in [-0.15, -0.1) is 0 Å². The molecule has 0 saturated carbocycles. The van der Waals surface area contributed by atoms with E-state index in [-0.39, 0.29) is 46.3 Å². The minimum absolute atomic E-state index is 0.107. The number of likely N-dealkylation sites (N-methyl/N-ethyl adjacent to an activating group) is 1. The van der Waals surface area contributed by atoms with Gasteiger partial charge in [-0.2, -0.15) is 4.98 Å². The number of carbonyl (C=O) groups is 2. The molecule has 2 aromatic rings. The van der Waals surface area contributed by atoms with Gasteiger partial charge in [0.2, 0.25) is 5.88 Å². The number of benzene rings is 1. The van der Waals surface area contributed by atoms with Crippen LogP contribution >= 0.6 is 11.6 Å². The molecule has 1 amide bonds. The highest BCUT2D eigenvalue weighted by molar-refractivity contribution is 6.33. The van der Waals surface area contributed by atoms with Crippen molar-refractivity contribution < 1.29 is 28.5 Å². The number of nitrogens with zero attached hydrogens (tertiary/aromatic N) is 4. The molecule has 0 bridgehead atoms. The van der Waals surface area contributed by atoms with Gasteiger partial charge in [0.25, 0.3) is 5.91 Å². The number of pyridine rings is 1. The van der Waals surface area contributed by atoms with Crippen LogP contribution in [0.25, 0.3) is 0 Å². The largest absolute Gasteiger partial charge is 0.480 e. The Morgan fingerprint density at radius 2 is 1.88 bits per heavy atom. The number of ether oxygens (including phenoxy) is 4. The summed E-state index contributed by atoms with van der Waals surface area (Å²) in [6.45, 7) is 8.28. The summed E-state index contributed by atoms with van der Waals surface area (Å²) in [4.78, 5) is 36.3. The van der Waals surface area contributed by atoms with Gasteiger partial charge in [0.1, 0.15) is 18.0 Å². The maximum Gasteiger partial charge on any atom is 0.338 e. The van der Waals surface area contributed by atoms with E-state index in [1.807, 2.05) is 24.3 Å². The van der Waals surface area contributed by atoms with Crippen molar-refractivity contribution in [3.63, 3.8) is 0 Å². The van der Waals surface area contributed by atoms with Gasteiger partial charge >= 0.3 is 5.97 Å². The van der Waals surface area contributed by atoms with Crippen LogP contribution in [0.5, 0.6) is 5.88 Å². The van der Waals surface area contributed by atoms with Crippen LogP contribution in [-0.4, -0.2) is 131 Å². The average Bonchev–Trinajstić information content (AvgIpc) is 3.02. The summed E-state index contributed by atoms with van der Waals surface area (Å²) < 4.78 is 21.8. The van der Waals surface area contributed by atoms with Crippen LogP contribution in [0.15, 0.2) is 30.3 Å². The summed E-state index contributed by atoms with van der Waals surface area (Å²) >= 11 is 6.09. The molecule has 12 nitrogen and oxygen atoms in total. The highest BCUT2D eigenvalue weighted by Crippen LogP contribution is 2.25. The molecule has 2 unspecified atom stereocenters. The highest BCUT2D eigenvalue weighted by Gasteiger charge is 2.31. The van der Waals surface area contributed by atoms with Gasteiger partial charge in [-0.05, 0) is 37.2 Å². The van der Waals surface area contributed by atoms with E-state index in [1.165, 1.54) is 13.2 Å². The van der Waals surface area contributed by atoms with E-state index < -0.39 is 0 Å². The molecular formula is C30H43ClN6O6.